The van der Waals surface area contributed by atoms with Gasteiger partial charge < -0.3 is 0 Å². The van der Waals surface area contributed by atoms with E-state index in [1.165, 1.54) is 18.2 Å². The van der Waals surface area contributed by atoms with Gasteiger partial charge in [0.2, 0.25) is 0 Å². The van der Waals surface area contributed by atoms with Gasteiger partial charge in [-0.1, -0.05) is 6.07 Å². The highest BCUT2D eigenvalue weighted by Crippen LogP contribution is 2.22. The van der Waals surface area contributed by atoms with Crippen molar-refractivity contribution in [2.45, 2.75) is 0 Å². The van der Waals surface area contributed by atoms with Gasteiger partial charge in [0.1, 0.15) is 5.82 Å². The second-order valence-corrected chi connectivity index (χ2v) is 2.96. The van der Waals surface area contributed by atoms with Crippen molar-refractivity contribution in [2.75, 3.05) is 0 Å². The summed E-state index contributed by atoms with van der Waals surface area (Å²) in [5, 5.41) is 0. The number of pyridine rings is 1. The predicted octanol–water partition coefficient (Wildman–Crippen LogP) is 3.17. The first-order valence-corrected chi connectivity index (χ1v) is 4.24. The zero-order valence-electron chi connectivity index (χ0n) is 7.55. The molecule has 0 fully saturated rings. The van der Waals surface area contributed by atoms with Crippen molar-refractivity contribution in [1.29, 1.82) is 0 Å². The van der Waals surface area contributed by atoms with E-state index < -0.39 is 17.5 Å². The molecule has 0 atom stereocenters. The van der Waals surface area contributed by atoms with E-state index >= 15 is 0 Å². The molecule has 0 amide bonds. The van der Waals surface area contributed by atoms with Crippen LogP contribution in [-0.2, 0) is 0 Å². The van der Waals surface area contributed by atoms with Gasteiger partial charge in [0.25, 0.3) is 0 Å². The molecule has 1 nitrogen and oxygen atoms in total. The molecule has 0 unspecified atom stereocenters. The Morgan fingerprint density at radius 3 is 2.40 bits per heavy atom. The average molecular weight is 209 g/mol. The molecule has 0 aliphatic rings. The van der Waals surface area contributed by atoms with Gasteiger partial charge in [-0.05, 0) is 24.3 Å². The van der Waals surface area contributed by atoms with Crippen LogP contribution in [0.15, 0.2) is 36.5 Å². The molecule has 15 heavy (non-hydrogen) atoms. The molecule has 0 saturated carbocycles. The van der Waals surface area contributed by atoms with Crippen LogP contribution in [0.25, 0.3) is 11.3 Å². The van der Waals surface area contributed by atoms with Crippen molar-refractivity contribution < 1.29 is 13.2 Å². The first kappa shape index (κ1) is 9.71. The van der Waals surface area contributed by atoms with Crippen LogP contribution in [0.1, 0.15) is 0 Å². The van der Waals surface area contributed by atoms with Gasteiger partial charge in [-0.25, -0.2) is 13.2 Å². The van der Waals surface area contributed by atoms with Crippen molar-refractivity contribution in [3.8, 4) is 11.3 Å². The second-order valence-electron chi connectivity index (χ2n) is 2.96. The van der Waals surface area contributed by atoms with Gasteiger partial charge in [0, 0.05) is 5.56 Å². The molecule has 1 aromatic carbocycles. The van der Waals surface area contributed by atoms with Gasteiger partial charge in [-0.2, -0.15) is 0 Å². The van der Waals surface area contributed by atoms with Crippen LogP contribution in [0.4, 0.5) is 13.2 Å². The number of benzene rings is 1. The minimum absolute atomic E-state index is 0.0231. The van der Waals surface area contributed by atoms with Crippen LogP contribution in [0, 0.1) is 17.5 Å². The Labute approximate surface area is 84.2 Å². The molecule has 0 aliphatic carbocycles. The molecule has 76 valence electrons. The molecule has 1 heterocycles. The van der Waals surface area contributed by atoms with E-state index in [4.69, 9.17) is 0 Å². The smallest absolute Gasteiger partial charge is 0.168 e. The standard InChI is InChI=1S/C11H6F3N/c12-7-4-5-10(15-6-7)8-2-1-3-9(13)11(8)14/h1-6H. The molecule has 0 N–H and O–H groups in total. The number of hydrogen-bond donors (Lipinski definition) is 0. The van der Waals surface area contributed by atoms with Crippen LogP contribution in [0.5, 0.6) is 0 Å². The first-order chi connectivity index (χ1) is 7.18. The molecular formula is C11H6F3N. The maximum absolute atomic E-state index is 13.3. The van der Waals surface area contributed by atoms with Crippen molar-refractivity contribution in [2.24, 2.45) is 0 Å². The van der Waals surface area contributed by atoms with Gasteiger partial charge in [-0.15, -0.1) is 0 Å². The Balaban J connectivity index is 2.54. The Hall–Kier alpha value is -1.84. The fourth-order valence-corrected chi connectivity index (χ4v) is 1.24. The van der Waals surface area contributed by atoms with Gasteiger partial charge in [0.15, 0.2) is 11.6 Å². The highest BCUT2D eigenvalue weighted by atomic mass is 19.2. The lowest BCUT2D eigenvalue weighted by molar-refractivity contribution is 0.511. The molecule has 0 bridgehead atoms. The monoisotopic (exact) mass is 209 g/mol. The van der Waals surface area contributed by atoms with Crippen molar-refractivity contribution in [1.82, 2.24) is 4.98 Å². The number of rotatable bonds is 1. The van der Waals surface area contributed by atoms with E-state index in [1.807, 2.05) is 0 Å². The van der Waals surface area contributed by atoms with Crippen LogP contribution < -0.4 is 0 Å². The van der Waals surface area contributed by atoms with Crippen LogP contribution in [0.3, 0.4) is 0 Å². The number of nitrogens with zero attached hydrogens (tertiary/aromatic N) is 1. The third kappa shape index (κ3) is 1.83. The van der Waals surface area contributed by atoms with Crippen LogP contribution in [-0.4, -0.2) is 4.98 Å². The summed E-state index contributed by atoms with van der Waals surface area (Å²) >= 11 is 0. The van der Waals surface area contributed by atoms with Crippen molar-refractivity contribution in [3.63, 3.8) is 0 Å². The van der Waals surface area contributed by atoms with Crippen LogP contribution >= 0.6 is 0 Å². The Morgan fingerprint density at radius 2 is 1.73 bits per heavy atom. The summed E-state index contributed by atoms with van der Waals surface area (Å²) in [5.41, 5.74) is 0.225. The van der Waals surface area contributed by atoms with Gasteiger partial charge in [0.05, 0.1) is 11.9 Å². The van der Waals surface area contributed by atoms with E-state index in [2.05, 4.69) is 4.98 Å². The van der Waals surface area contributed by atoms with Gasteiger partial charge in [-0.3, -0.25) is 4.98 Å². The molecule has 0 radical (unpaired) electrons. The SMILES string of the molecule is Fc1ccc(-c2cccc(F)c2F)nc1. The third-order valence-electron chi connectivity index (χ3n) is 1.95. The molecule has 4 heteroatoms. The third-order valence-corrected chi connectivity index (χ3v) is 1.95. The Kier molecular flexibility index (Phi) is 2.41. The summed E-state index contributed by atoms with van der Waals surface area (Å²) in [4.78, 5) is 3.67. The first-order valence-electron chi connectivity index (χ1n) is 4.24. The van der Waals surface area contributed by atoms with Crippen LogP contribution in [0.2, 0.25) is 0 Å². The molecular weight excluding hydrogens is 203 g/mol. The molecule has 0 spiro atoms. The van der Waals surface area contributed by atoms with E-state index in [9.17, 15) is 13.2 Å². The quantitative estimate of drug-likeness (QED) is 0.702. The zero-order valence-corrected chi connectivity index (χ0v) is 7.55. The minimum atomic E-state index is -0.975. The van der Waals surface area contributed by atoms with E-state index in [1.54, 1.807) is 0 Å². The van der Waals surface area contributed by atoms with Gasteiger partial charge >= 0.3 is 0 Å². The van der Waals surface area contributed by atoms with E-state index in [0.29, 0.717) is 0 Å². The molecule has 2 aromatic rings. The summed E-state index contributed by atoms with van der Waals surface area (Å²) in [6, 6.07) is 6.22. The largest absolute Gasteiger partial charge is 0.253 e. The molecule has 0 aliphatic heterocycles. The maximum atomic E-state index is 13.3. The summed E-state index contributed by atoms with van der Waals surface area (Å²) in [5.74, 6) is -2.44. The molecule has 0 saturated heterocycles. The Morgan fingerprint density at radius 1 is 0.933 bits per heavy atom. The number of halogens is 3. The summed E-state index contributed by atoms with van der Waals surface area (Å²) < 4.78 is 38.7. The second kappa shape index (κ2) is 3.73. The normalized spacial score (nSPS) is 10.3. The summed E-state index contributed by atoms with van der Waals surface area (Å²) in [7, 11) is 0. The fourth-order valence-electron chi connectivity index (χ4n) is 1.24. The van der Waals surface area contributed by atoms with Crippen molar-refractivity contribution >= 4 is 0 Å². The maximum Gasteiger partial charge on any atom is 0.168 e. The topological polar surface area (TPSA) is 12.9 Å². The lowest BCUT2D eigenvalue weighted by Crippen LogP contribution is -1.91. The summed E-state index contributed by atoms with van der Waals surface area (Å²) in [6.45, 7) is 0. The minimum Gasteiger partial charge on any atom is -0.253 e. The lowest BCUT2D eigenvalue weighted by atomic mass is 10.1. The molecule has 1 aromatic heterocycles. The molecule has 2 rings (SSSR count). The Bertz CT molecular complexity index is 480. The van der Waals surface area contributed by atoms with E-state index in [0.717, 1.165) is 18.3 Å². The highest BCUT2D eigenvalue weighted by molar-refractivity contribution is 5.59. The average Bonchev–Trinajstić information content (AvgIpc) is 2.24. The summed E-state index contributed by atoms with van der Waals surface area (Å²) in [6.07, 6.45) is 0.958. The van der Waals surface area contributed by atoms with Crippen molar-refractivity contribution in [3.05, 3.63) is 54.0 Å². The van der Waals surface area contributed by atoms with E-state index in [-0.39, 0.29) is 11.3 Å². The highest BCUT2D eigenvalue weighted by Gasteiger charge is 2.10. The lowest BCUT2D eigenvalue weighted by Gasteiger charge is -2.02. The fraction of sp³-hybridized carbons (Fsp3) is 0. The zero-order chi connectivity index (χ0) is 10.8. The number of hydrogen-bond acceptors (Lipinski definition) is 1. The predicted molar refractivity (Wildman–Crippen MR) is 49.5 cm³/mol. The number of aromatic nitrogens is 1.